The Morgan fingerprint density at radius 2 is 2.19 bits per heavy atom. The van der Waals surface area contributed by atoms with Gasteiger partial charge in [0.15, 0.2) is 5.96 Å². The summed E-state index contributed by atoms with van der Waals surface area (Å²) in [6, 6.07) is -0.245. The van der Waals surface area contributed by atoms with E-state index in [1.807, 2.05) is 20.8 Å². The lowest BCUT2D eigenvalue weighted by Gasteiger charge is -2.24. The molecule has 5 heteroatoms. The monoisotopic (exact) mass is 227 g/mol. The van der Waals surface area contributed by atoms with E-state index in [9.17, 15) is 4.79 Å². The summed E-state index contributed by atoms with van der Waals surface area (Å²) in [4.78, 5) is 15.9. The van der Waals surface area contributed by atoms with Gasteiger partial charge in [0.25, 0.3) is 0 Å². The number of methoxy groups -OCH3 is 1. The highest BCUT2D eigenvalue weighted by molar-refractivity contribution is 6.06. The zero-order chi connectivity index (χ0) is 12.2. The molecule has 0 aromatic rings. The molecular weight excluding hydrogens is 206 g/mol. The van der Waals surface area contributed by atoms with Gasteiger partial charge in [-0.25, -0.2) is 0 Å². The third-order valence-corrected chi connectivity index (χ3v) is 2.61. The zero-order valence-corrected chi connectivity index (χ0v) is 10.5. The molecule has 0 aliphatic carbocycles. The van der Waals surface area contributed by atoms with E-state index >= 15 is 0 Å². The second-order valence-corrected chi connectivity index (χ2v) is 4.58. The summed E-state index contributed by atoms with van der Waals surface area (Å²) in [5.74, 6) is 0.559. The first-order chi connectivity index (χ1) is 7.48. The molecule has 0 bridgehead atoms. The molecule has 1 saturated heterocycles. The van der Waals surface area contributed by atoms with Gasteiger partial charge in [-0.05, 0) is 20.3 Å². The molecule has 1 unspecified atom stereocenters. The highest BCUT2D eigenvalue weighted by Gasteiger charge is 2.33. The van der Waals surface area contributed by atoms with Crippen molar-refractivity contribution in [2.24, 2.45) is 4.99 Å². The predicted octanol–water partition coefficient (Wildman–Crippen LogP) is 0.655. The lowest BCUT2D eigenvalue weighted by molar-refractivity contribution is -0.121. The number of amides is 1. The van der Waals surface area contributed by atoms with Crippen LogP contribution < -0.4 is 10.6 Å². The molecule has 16 heavy (non-hydrogen) atoms. The minimum absolute atomic E-state index is 0.0278. The Morgan fingerprint density at radius 3 is 2.75 bits per heavy atom. The van der Waals surface area contributed by atoms with Gasteiger partial charge in [-0.2, -0.15) is 0 Å². The highest BCUT2D eigenvalue weighted by Crippen LogP contribution is 2.17. The second kappa shape index (κ2) is 5.30. The van der Waals surface area contributed by atoms with Gasteiger partial charge in [-0.15, -0.1) is 0 Å². The van der Waals surface area contributed by atoms with E-state index in [0.717, 1.165) is 13.0 Å². The standard InChI is InChI=1S/C11H21N3O2/c1-5-6-12-10-13-8(9(15)14-10)7-11(2,3)16-4/h8H,5-7H2,1-4H3,(H2,12,13,14,15). The Balaban J connectivity index is 2.55. The summed E-state index contributed by atoms with van der Waals surface area (Å²) in [6.45, 7) is 6.70. The van der Waals surface area contributed by atoms with Crippen LogP contribution in [0.2, 0.25) is 0 Å². The molecule has 1 rings (SSSR count). The highest BCUT2D eigenvalue weighted by atomic mass is 16.5. The fraction of sp³-hybridized carbons (Fsp3) is 0.818. The molecule has 1 aliphatic rings. The van der Waals surface area contributed by atoms with Crippen LogP contribution in [0, 0.1) is 0 Å². The van der Waals surface area contributed by atoms with Crippen molar-refractivity contribution < 1.29 is 9.53 Å². The van der Waals surface area contributed by atoms with Crippen molar-refractivity contribution in [2.45, 2.75) is 45.3 Å². The summed E-state index contributed by atoms with van der Waals surface area (Å²) in [6.07, 6.45) is 1.59. The van der Waals surface area contributed by atoms with Gasteiger partial charge in [0.05, 0.1) is 5.60 Å². The normalized spacial score (nSPS) is 23.4. The average molecular weight is 227 g/mol. The third kappa shape index (κ3) is 3.48. The van der Waals surface area contributed by atoms with Crippen LogP contribution in [0.5, 0.6) is 0 Å². The lowest BCUT2D eigenvalue weighted by atomic mass is 9.99. The summed E-state index contributed by atoms with van der Waals surface area (Å²) >= 11 is 0. The van der Waals surface area contributed by atoms with Gasteiger partial charge in [-0.1, -0.05) is 6.92 Å². The predicted molar refractivity (Wildman–Crippen MR) is 63.4 cm³/mol. The van der Waals surface area contributed by atoms with Gasteiger partial charge in [0.2, 0.25) is 5.91 Å². The lowest BCUT2D eigenvalue weighted by Crippen LogP contribution is -2.38. The number of hydrogen-bond donors (Lipinski definition) is 2. The number of hydrogen-bond acceptors (Lipinski definition) is 3. The Hall–Kier alpha value is -1.10. The fourth-order valence-corrected chi connectivity index (χ4v) is 1.50. The molecule has 0 spiro atoms. The maximum absolute atomic E-state index is 11.6. The van der Waals surface area contributed by atoms with Crippen molar-refractivity contribution in [1.82, 2.24) is 10.6 Å². The summed E-state index contributed by atoms with van der Waals surface area (Å²) in [7, 11) is 1.65. The Morgan fingerprint density at radius 1 is 1.50 bits per heavy atom. The molecule has 1 aliphatic heterocycles. The van der Waals surface area contributed by atoms with Gasteiger partial charge >= 0.3 is 0 Å². The first-order valence-electron chi connectivity index (χ1n) is 5.65. The fourth-order valence-electron chi connectivity index (χ4n) is 1.50. The van der Waals surface area contributed by atoms with E-state index < -0.39 is 0 Å². The minimum atomic E-state index is -0.310. The maximum Gasteiger partial charge on any atom is 0.249 e. The van der Waals surface area contributed by atoms with Crippen molar-refractivity contribution in [3.63, 3.8) is 0 Å². The Labute approximate surface area is 96.7 Å². The van der Waals surface area contributed by atoms with Gasteiger partial charge < -0.3 is 10.1 Å². The van der Waals surface area contributed by atoms with E-state index in [4.69, 9.17) is 4.74 Å². The van der Waals surface area contributed by atoms with Crippen molar-refractivity contribution in [3.8, 4) is 0 Å². The number of aliphatic imine (C=N–C) groups is 1. The van der Waals surface area contributed by atoms with Crippen LogP contribution in [0.15, 0.2) is 4.99 Å². The van der Waals surface area contributed by atoms with Crippen molar-refractivity contribution in [3.05, 3.63) is 0 Å². The smallest absolute Gasteiger partial charge is 0.249 e. The summed E-state index contributed by atoms with van der Waals surface area (Å²) in [5.41, 5.74) is -0.310. The molecule has 0 aromatic carbocycles. The Kier molecular flexibility index (Phi) is 4.29. The number of carbonyl (C=O) groups excluding carboxylic acids is 1. The molecule has 1 amide bonds. The number of ether oxygens (including phenoxy) is 1. The molecule has 5 nitrogen and oxygen atoms in total. The number of nitrogens with zero attached hydrogens (tertiary/aromatic N) is 1. The summed E-state index contributed by atoms with van der Waals surface area (Å²) in [5, 5.41) is 5.81. The molecule has 1 fully saturated rings. The van der Waals surface area contributed by atoms with Crippen LogP contribution in [0.4, 0.5) is 0 Å². The molecule has 0 saturated carbocycles. The topological polar surface area (TPSA) is 62.7 Å². The van der Waals surface area contributed by atoms with Gasteiger partial charge in [0.1, 0.15) is 6.04 Å². The van der Waals surface area contributed by atoms with Crippen LogP contribution in [0.3, 0.4) is 0 Å². The number of guanidine groups is 1. The molecule has 0 aromatic heterocycles. The van der Waals surface area contributed by atoms with E-state index in [0.29, 0.717) is 12.4 Å². The Bertz CT molecular complexity index is 287. The van der Waals surface area contributed by atoms with Crippen LogP contribution in [-0.2, 0) is 9.53 Å². The van der Waals surface area contributed by atoms with Gasteiger partial charge in [0, 0.05) is 20.1 Å². The minimum Gasteiger partial charge on any atom is -0.379 e. The van der Waals surface area contributed by atoms with E-state index in [1.54, 1.807) is 7.11 Å². The maximum atomic E-state index is 11.6. The van der Waals surface area contributed by atoms with Crippen LogP contribution in [0.25, 0.3) is 0 Å². The van der Waals surface area contributed by atoms with Crippen molar-refractivity contribution >= 4 is 11.9 Å². The molecular formula is C11H21N3O2. The number of nitrogens with one attached hydrogen (secondary N) is 2. The van der Waals surface area contributed by atoms with E-state index in [-0.39, 0.29) is 17.6 Å². The third-order valence-electron chi connectivity index (χ3n) is 2.61. The van der Waals surface area contributed by atoms with Crippen LogP contribution in [-0.4, -0.2) is 37.2 Å². The number of carbonyl (C=O) groups is 1. The molecule has 1 atom stereocenters. The molecule has 0 radical (unpaired) electrons. The largest absolute Gasteiger partial charge is 0.379 e. The first kappa shape index (κ1) is 13.0. The van der Waals surface area contributed by atoms with E-state index in [2.05, 4.69) is 15.6 Å². The molecule has 92 valence electrons. The SMILES string of the molecule is CCCN=C1NC(=O)C(CC(C)(C)OC)N1. The van der Waals surface area contributed by atoms with Crippen molar-refractivity contribution in [1.29, 1.82) is 0 Å². The van der Waals surface area contributed by atoms with Crippen molar-refractivity contribution in [2.75, 3.05) is 13.7 Å². The van der Waals surface area contributed by atoms with Gasteiger partial charge in [-0.3, -0.25) is 15.1 Å². The van der Waals surface area contributed by atoms with Crippen LogP contribution >= 0.6 is 0 Å². The summed E-state index contributed by atoms with van der Waals surface area (Å²) < 4.78 is 5.30. The van der Waals surface area contributed by atoms with Crippen LogP contribution in [0.1, 0.15) is 33.6 Å². The quantitative estimate of drug-likeness (QED) is 0.725. The average Bonchev–Trinajstić information content (AvgIpc) is 2.56. The first-order valence-corrected chi connectivity index (χ1v) is 5.65. The molecule has 2 N–H and O–H groups in total. The number of rotatable bonds is 5. The second-order valence-electron chi connectivity index (χ2n) is 4.58. The van der Waals surface area contributed by atoms with E-state index in [1.165, 1.54) is 0 Å². The zero-order valence-electron chi connectivity index (χ0n) is 10.5. The molecule has 1 heterocycles.